The van der Waals surface area contributed by atoms with Gasteiger partial charge in [0.05, 0.1) is 36.1 Å². The molecule has 42 heavy (non-hydrogen) atoms. The molecule has 4 heterocycles. The van der Waals surface area contributed by atoms with Gasteiger partial charge in [-0.2, -0.15) is 21.1 Å². The number of nitrogens with zero attached hydrogens (tertiary/aromatic N) is 4. The molecule has 1 unspecified atom stereocenters. The van der Waals surface area contributed by atoms with Crippen molar-refractivity contribution in [2.24, 2.45) is 0 Å². The highest BCUT2D eigenvalue weighted by Crippen LogP contribution is 2.38. The number of piperidine rings is 1. The Morgan fingerprint density at radius 1 is 0.952 bits per heavy atom. The lowest BCUT2D eigenvalue weighted by Crippen LogP contribution is -2.53. The summed E-state index contributed by atoms with van der Waals surface area (Å²) in [5.74, 6) is 0.0668. The molecular weight excluding hydrogens is 680 g/mol. The van der Waals surface area contributed by atoms with Crippen LogP contribution >= 0.6 is 15.9 Å². The number of pyridine rings is 1. The predicted molar refractivity (Wildman–Crippen MR) is 156 cm³/mol. The van der Waals surface area contributed by atoms with Crippen LogP contribution in [0.5, 0.6) is 0 Å². The third-order valence-electron chi connectivity index (χ3n) is 6.53. The second kappa shape index (κ2) is 13.7. The zero-order valence-electron chi connectivity index (χ0n) is 22.9. The first-order chi connectivity index (χ1) is 19.3. The van der Waals surface area contributed by atoms with Crippen LogP contribution in [-0.4, -0.2) is 116 Å². The van der Waals surface area contributed by atoms with Crippen LogP contribution in [0, 0.1) is 0 Å². The standard InChI is InChI=1S/C22H25BrN4O4S.2CH4O3S/c23-18-1-3-19(4-2-18)32(29,30)26-11-7-22(8-12-26)16-27-20(28)14-25(15-21(27)31-22)13-17-5-9-24-10-6-17;2*1-5(2,3)4/h1-6,9-10,21H,7-8,11-16H2;2*1H3,(H,2,3,4). The molecule has 3 aliphatic heterocycles. The van der Waals surface area contributed by atoms with Crippen molar-refractivity contribution in [2.75, 3.05) is 45.2 Å². The van der Waals surface area contributed by atoms with Gasteiger partial charge in [-0.1, -0.05) is 15.9 Å². The summed E-state index contributed by atoms with van der Waals surface area (Å²) in [6.45, 7) is 2.99. The summed E-state index contributed by atoms with van der Waals surface area (Å²) in [6.07, 6.45) is 5.81. The van der Waals surface area contributed by atoms with Crippen LogP contribution in [0.4, 0.5) is 0 Å². The number of benzene rings is 1. The number of piperazine rings is 1. The van der Waals surface area contributed by atoms with Crippen LogP contribution in [0.1, 0.15) is 18.4 Å². The first-order valence-electron chi connectivity index (χ1n) is 12.5. The normalized spacial score (nSPS) is 21.1. The summed E-state index contributed by atoms with van der Waals surface area (Å²) >= 11 is 3.34. The molecule has 1 aromatic carbocycles. The van der Waals surface area contributed by atoms with Crippen molar-refractivity contribution in [3.8, 4) is 0 Å². The van der Waals surface area contributed by atoms with Gasteiger partial charge in [-0.15, -0.1) is 0 Å². The summed E-state index contributed by atoms with van der Waals surface area (Å²) in [4.78, 5) is 21.1. The van der Waals surface area contributed by atoms with Crippen LogP contribution < -0.4 is 0 Å². The molecule has 3 saturated heterocycles. The second-order valence-electron chi connectivity index (χ2n) is 10.1. The topological polar surface area (TPSA) is 192 Å². The van der Waals surface area contributed by atoms with Gasteiger partial charge in [-0.25, -0.2) is 8.42 Å². The number of hydrogen-bond acceptors (Lipinski definition) is 10. The third-order valence-corrected chi connectivity index (χ3v) is 8.97. The Kier molecular flexibility index (Phi) is 11.3. The molecule has 0 radical (unpaired) electrons. The molecule has 3 fully saturated rings. The molecule has 18 heteroatoms. The van der Waals surface area contributed by atoms with Gasteiger partial charge in [0.2, 0.25) is 15.9 Å². The summed E-state index contributed by atoms with van der Waals surface area (Å²) in [6, 6.07) is 10.6. The maximum atomic E-state index is 13.0. The Morgan fingerprint density at radius 2 is 1.48 bits per heavy atom. The van der Waals surface area contributed by atoms with Gasteiger partial charge in [0.1, 0.15) is 6.23 Å². The average Bonchev–Trinajstić information content (AvgIpc) is 3.21. The zero-order valence-corrected chi connectivity index (χ0v) is 26.9. The molecule has 1 aromatic heterocycles. The minimum absolute atomic E-state index is 0.0668. The number of rotatable bonds is 4. The van der Waals surface area contributed by atoms with Crippen molar-refractivity contribution in [3.63, 3.8) is 0 Å². The maximum absolute atomic E-state index is 13.0. The van der Waals surface area contributed by atoms with Gasteiger partial charge in [0, 0.05) is 43.0 Å². The van der Waals surface area contributed by atoms with E-state index in [0.717, 1.165) is 10.0 Å². The van der Waals surface area contributed by atoms with Crippen molar-refractivity contribution >= 4 is 52.1 Å². The summed E-state index contributed by atoms with van der Waals surface area (Å²) < 4.78 is 86.6. The molecule has 0 saturated carbocycles. The Bertz CT molecular complexity index is 1500. The number of amides is 1. The molecule has 3 aliphatic rings. The lowest BCUT2D eigenvalue weighted by molar-refractivity contribution is -0.149. The van der Waals surface area contributed by atoms with Gasteiger partial charge < -0.3 is 9.64 Å². The monoisotopic (exact) mass is 712 g/mol. The lowest BCUT2D eigenvalue weighted by Gasteiger charge is -2.37. The molecule has 5 rings (SSSR count). The third kappa shape index (κ3) is 10.6. The fraction of sp³-hybridized carbons (Fsp3) is 0.500. The fourth-order valence-corrected chi connectivity index (χ4v) is 6.49. The Labute approximate surface area is 254 Å². The number of aromatic nitrogens is 1. The van der Waals surface area contributed by atoms with Gasteiger partial charge in [-0.3, -0.25) is 23.8 Å². The molecule has 0 aliphatic carbocycles. The highest BCUT2D eigenvalue weighted by Gasteiger charge is 2.51. The highest BCUT2D eigenvalue weighted by molar-refractivity contribution is 9.10. The molecule has 1 spiro atoms. The minimum Gasteiger partial charge on any atom is -0.349 e. The Morgan fingerprint density at radius 3 is 2.00 bits per heavy atom. The zero-order chi connectivity index (χ0) is 31.3. The number of fused-ring (bicyclic) bond motifs is 1. The van der Waals surface area contributed by atoms with E-state index in [1.54, 1.807) is 36.7 Å². The summed E-state index contributed by atoms with van der Waals surface area (Å²) in [5.41, 5.74) is 0.638. The van der Waals surface area contributed by atoms with Crippen molar-refractivity contribution in [1.82, 2.24) is 19.1 Å². The second-order valence-corrected chi connectivity index (χ2v) is 15.9. The predicted octanol–water partition coefficient (Wildman–Crippen LogP) is 1.08. The van der Waals surface area contributed by atoms with E-state index in [9.17, 15) is 30.0 Å². The average molecular weight is 714 g/mol. The maximum Gasteiger partial charge on any atom is 0.261 e. The minimum atomic E-state index is -3.67. The van der Waals surface area contributed by atoms with Gasteiger partial charge >= 0.3 is 0 Å². The molecular formula is C24H33BrN4O10S3. The van der Waals surface area contributed by atoms with Crippen LogP contribution in [0.2, 0.25) is 0 Å². The smallest absolute Gasteiger partial charge is 0.261 e. The Balaban J connectivity index is 0.000000420. The van der Waals surface area contributed by atoms with Crippen molar-refractivity contribution in [3.05, 3.63) is 58.8 Å². The van der Waals surface area contributed by atoms with Gasteiger partial charge in [0.15, 0.2) is 0 Å². The van der Waals surface area contributed by atoms with E-state index in [-0.39, 0.29) is 12.1 Å². The van der Waals surface area contributed by atoms with Gasteiger partial charge in [-0.05, 0) is 54.8 Å². The van der Waals surface area contributed by atoms with Crippen molar-refractivity contribution in [1.29, 1.82) is 0 Å². The molecule has 1 atom stereocenters. The van der Waals surface area contributed by atoms with Crippen LogP contribution in [-0.2, 0) is 46.3 Å². The van der Waals surface area contributed by atoms with Crippen molar-refractivity contribution in [2.45, 2.75) is 36.1 Å². The molecule has 234 valence electrons. The first-order valence-corrected chi connectivity index (χ1v) is 18.5. The molecule has 2 aromatic rings. The summed E-state index contributed by atoms with van der Waals surface area (Å²) in [5, 5.41) is 0. The van der Waals surface area contributed by atoms with E-state index in [4.69, 9.17) is 13.8 Å². The number of carbonyl (C=O) groups is 1. The number of carbonyl (C=O) groups excluding carboxylic acids is 1. The number of halogens is 1. The van der Waals surface area contributed by atoms with Crippen molar-refractivity contribution < 1.29 is 43.9 Å². The number of hydrogen-bond donors (Lipinski definition) is 2. The Hall–Kier alpha value is -2.03. The van der Waals surface area contributed by atoms with Gasteiger partial charge in [0.25, 0.3) is 20.2 Å². The quantitative estimate of drug-likeness (QED) is 0.430. The largest absolute Gasteiger partial charge is 0.349 e. The number of sulfonamides is 1. The van der Waals surface area contributed by atoms with E-state index < -0.39 is 35.9 Å². The molecule has 2 N–H and O–H groups in total. The summed E-state index contributed by atoms with van der Waals surface area (Å²) in [7, 11) is -10.9. The van der Waals surface area contributed by atoms with E-state index in [2.05, 4.69) is 25.8 Å². The van der Waals surface area contributed by atoms with Crippen LogP contribution in [0.15, 0.2) is 58.2 Å². The first kappa shape index (κ1) is 34.5. The van der Waals surface area contributed by atoms with E-state index >= 15 is 0 Å². The molecule has 1 amide bonds. The lowest BCUT2D eigenvalue weighted by atomic mass is 9.92. The van der Waals surface area contributed by atoms with E-state index in [1.165, 1.54) is 4.31 Å². The van der Waals surface area contributed by atoms with Crippen LogP contribution in [0.25, 0.3) is 0 Å². The molecule has 0 bridgehead atoms. The van der Waals surface area contributed by atoms with Crippen LogP contribution in [0.3, 0.4) is 0 Å². The fourth-order valence-electron chi connectivity index (χ4n) is 4.79. The SMILES string of the molecule is CS(=O)(=O)O.CS(=O)(=O)O.O=C1CN(Cc2ccncc2)CC2OC3(CCN(S(=O)(=O)c4ccc(Br)cc4)CC3)CN12. The molecule has 14 nitrogen and oxygen atoms in total. The highest BCUT2D eigenvalue weighted by atomic mass is 79.9. The van der Waals surface area contributed by atoms with E-state index in [1.807, 2.05) is 17.0 Å². The number of ether oxygens (including phenoxy) is 1. The van der Waals surface area contributed by atoms with E-state index in [0.29, 0.717) is 69.5 Å².